The highest BCUT2D eigenvalue weighted by molar-refractivity contribution is 6.14. The van der Waals surface area contributed by atoms with Crippen LogP contribution in [0.4, 0.5) is 0 Å². The maximum Gasteiger partial charge on any atom is 0.232 e. The molecule has 1 atom stereocenters. The summed E-state index contributed by atoms with van der Waals surface area (Å²) < 4.78 is 5.90. The van der Waals surface area contributed by atoms with E-state index in [2.05, 4.69) is 27.0 Å². The van der Waals surface area contributed by atoms with Crippen LogP contribution < -0.4 is 0 Å². The zero-order valence-electron chi connectivity index (χ0n) is 15.3. The Labute approximate surface area is 157 Å². The molecule has 2 heterocycles. The lowest BCUT2D eigenvalue weighted by molar-refractivity contribution is 0.100. The van der Waals surface area contributed by atoms with Crippen molar-refractivity contribution >= 4 is 16.7 Å². The second-order valence-electron chi connectivity index (χ2n) is 6.81. The van der Waals surface area contributed by atoms with Crippen molar-refractivity contribution < 1.29 is 9.21 Å². The highest BCUT2D eigenvalue weighted by Gasteiger charge is 2.24. The van der Waals surface area contributed by atoms with Crippen molar-refractivity contribution in [3.63, 3.8) is 0 Å². The van der Waals surface area contributed by atoms with Gasteiger partial charge in [0.2, 0.25) is 11.7 Å². The van der Waals surface area contributed by atoms with Crippen LogP contribution in [-0.2, 0) is 6.42 Å². The summed E-state index contributed by atoms with van der Waals surface area (Å²) in [5.41, 5.74) is 2.72. The molecule has 2 aromatic heterocycles. The average molecular weight is 359 g/mol. The van der Waals surface area contributed by atoms with Crippen LogP contribution in [0.1, 0.15) is 33.6 Å². The van der Waals surface area contributed by atoms with Gasteiger partial charge in [-0.3, -0.25) is 9.69 Å². The van der Waals surface area contributed by atoms with Crippen LogP contribution in [0, 0.1) is 0 Å². The molecule has 0 bridgehead atoms. The number of likely N-dealkylation sites (N-methyl/N-ethyl adjacent to an activating group) is 1. The molecule has 4 aromatic rings. The van der Waals surface area contributed by atoms with Gasteiger partial charge in [0.25, 0.3) is 0 Å². The van der Waals surface area contributed by atoms with Crippen LogP contribution in [0.2, 0.25) is 0 Å². The first kappa shape index (κ1) is 17.2. The maximum absolute atomic E-state index is 12.9. The van der Waals surface area contributed by atoms with Crippen LogP contribution in [-0.4, -0.2) is 34.7 Å². The number of para-hydroxylation sites is 1. The Hall–Kier alpha value is -3.18. The molecule has 0 saturated carbocycles. The lowest BCUT2D eigenvalue weighted by atomic mass is 10.1. The number of ketones is 1. The molecule has 1 N–H and O–H groups in total. The Morgan fingerprint density at radius 1 is 1.11 bits per heavy atom. The monoisotopic (exact) mass is 359 g/mol. The van der Waals surface area contributed by atoms with Crippen LogP contribution in [0.15, 0.2) is 71.4 Å². The number of fused-ring (bicyclic) bond motifs is 1. The number of nitrogens with one attached hydrogen (secondary N) is 1. The zero-order valence-corrected chi connectivity index (χ0v) is 15.3. The molecule has 2 aromatic carbocycles. The molecular formula is C22H21N3O2. The zero-order chi connectivity index (χ0) is 18.8. The number of oxazole rings is 1. The van der Waals surface area contributed by atoms with E-state index >= 15 is 0 Å². The van der Waals surface area contributed by atoms with Crippen molar-refractivity contribution in [1.29, 1.82) is 0 Å². The Morgan fingerprint density at radius 3 is 2.63 bits per heavy atom. The van der Waals surface area contributed by atoms with Gasteiger partial charge in [0.1, 0.15) is 0 Å². The van der Waals surface area contributed by atoms with E-state index in [0.717, 1.165) is 17.3 Å². The summed E-state index contributed by atoms with van der Waals surface area (Å²) in [6, 6.07) is 17.9. The molecule has 0 fully saturated rings. The summed E-state index contributed by atoms with van der Waals surface area (Å²) in [6.45, 7) is 0. The van der Waals surface area contributed by atoms with E-state index in [1.165, 1.54) is 11.8 Å². The number of carbonyl (C=O) groups excluding carboxylic acids is 1. The summed E-state index contributed by atoms with van der Waals surface area (Å²) in [5.74, 6) is 0.644. The molecule has 0 saturated heterocycles. The first-order chi connectivity index (χ1) is 13.1. The summed E-state index contributed by atoms with van der Waals surface area (Å²) >= 11 is 0. The Balaban J connectivity index is 1.62. The Morgan fingerprint density at radius 2 is 1.85 bits per heavy atom. The Kier molecular flexibility index (Phi) is 4.60. The van der Waals surface area contributed by atoms with Gasteiger partial charge in [-0.2, -0.15) is 0 Å². The van der Waals surface area contributed by atoms with E-state index in [-0.39, 0.29) is 17.6 Å². The van der Waals surface area contributed by atoms with E-state index < -0.39 is 0 Å². The lowest BCUT2D eigenvalue weighted by Gasteiger charge is -2.21. The summed E-state index contributed by atoms with van der Waals surface area (Å²) in [7, 11) is 3.97. The number of aromatic nitrogens is 2. The van der Waals surface area contributed by atoms with Crippen LogP contribution in [0.3, 0.4) is 0 Å². The molecule has 0 spiro atoms. The number of carbonyl (C=O) groups is 1. The first-order valence-electron chi connectivity index (χ1n) is 8.90. The highest BCUT2D eigenvalue weighted by Crippen LogP contribution is 2.25. The third-order valence-electron chi connectivity index (χ3n) is 4.76. The second kappa shape index (κ2) is 7.21. The summed E-state index contributed by atoms with van der Waals surface area (Å²) in [5, 5.41) is 0.883. The second-order valence-corrected chi connectivity index (χ2v) is 6.81. The SMILES string of the molecule is CN(C)C(Cc1ccccc1)c1ncc(C(=O)c2c[nH]c3ccccc23)o1. The van der Waals surface area contributed by atoms with E-state index in [1.807, 2.05) is 56.6 Å². The molecule has 27 heavy (non-hydrogen) atoms. The van der Waals surface area contributed by atoms with Crippen molar-refractivity contribution in [2.24, 2.45) is 0 Å². The minimum atomic E-state index is -0.164. The number of nitrogens with zero attached hydrogens (tertiary/aromatic N) is 2. The minimum absolute atomic E-state index is 0.0445. The number of hydrogen-bond acceptors (Lipinski definition) is 4. The van der Waals surface area contributed by atoms with Crippen LogP contribution >= 0.6 is 0 Å². The van der Waals surface area contributed by atoms with Gasteiger partial charge < -0.3 is 9.40 Å². The molecule has 0 aliphatic rings. The van der Waals surface area contributed by atoms with Crippen molar-refractivity contribution in [2.75, 3.05) is 14.1 Å². The van der Waals surface area contributed by atoms with Crippen molar-refractivity contribution in [2.45, 2.75) is 12.5 Å². The van der Waals surface area contributed by atoms with Gasteiger partial charge in [-0.25, -0.2) is 4.98 Å². The third kappa shape index (κ3) is 3.41. The summed E-state index contributed by atoms with van der Waals surface area (Å²) in [6.07, 6.45) is 4.01. The van der Waals surface area contributed by atoms with Crippen molar-refractivity contribution in [1.82, 2.24) is 14.9 Å². The van der Waals surface area contributed by atoms with Crippen LogP contribution in [0.25, 0.3) is 10.9 Å². The largest absolute Gasteiger partial charge is 0.435 e. The van der Waals surface area contributed by atoms with Crippen molar-refractivity contribution in [3.05, 3.63) is 89.8 Å². The molecule has 0 amide bonds. The molecular weight excluding hydrogens is 338 g/mol. The van der Waals surface area contributed by atoms with Crippen molar-refractivity contribution in [3.8, 4) is 0 Å². The number of hydrogen-bond donors (Lipinski definition) is 1. The molecule has 0 aliphatic heterocycles. The fourth-order valence-corrected chi connectivity index (χ4v) is 3.27. The standard InChI is InChI=1S/C22H21N3O2/c1-25(2)19(12-15-8-4-3-5-9-15)22-24-14-20(27-22)21(26)17-13-23-18-11-7-6-10-16(17)18/h3-11,13-14,19,23H,12H2,1-2H3. The van der Waals surface area contributed by atoms with Gasteiger partial charge in [0.05, 0.1) is 17.8 Å². The van der Waals surface area contributed by atoms with Gasteiger partial charge >= 0.3 is 0 Å². The van der Waals surface area contributed by atoms with Gasteiger partial charge in [0, 0.05) is 17.1 Å². The lowest BCUT2D eigenvalue weighted by Crippen LogP contribution is -2.22. The predicted octanol–water partition coefficient (Wildman–Crippen LogP) is 4.23. The van der Waals surface area contributed by atoms with E-state index in [9.17, 15) is 4.79 Å². The quantitative estimate of drug-likeness (QED) is 0.523. The minimum Gasteiger partial charge on any atom is -0.435 e. The number of H-pyrrole nitrogens is 1. The molecule has 0 aliphatic carbocycles. The van der Waals surface area contributed by atoms with Gasteiger partial charge in [-0.15, -0.1) is 0 Å². The topological polar surface area (TPSA) is 62.1 Å². The molecule has 1 unspecified atom stereocenters. The molecule has 4 rings (SSSR count). The fourth-order valence-electron chi connectivity index (χ4n) is 3.27. The van der Waals surface area contributed by atoms with Gasteiger partial charge in [-0.1, -0.05) is 48.5 Å². The predicted molar refractivity (Wildman–Crippen MR) is 105 cm³/mol. The first-order valence-corrected chi connectivity index (χ1v) is 8.90. The van der Waals surface area contributed by atoms with Gasteiger partial charge in [0.15, 0.2) is 5.76 Å². The summed E-state index contributed by atoms with van der Waals surface area (Å²) in [4.78, 5) is 22.5. The normalized spacial score (nSPS) is 12.6. The molecule has 5 nitrogen and oxygen atoms in total. The molecule has 136 valence electrons. The van der Waals surface area contributed by atoms with E-state index in [4.69, 9.17) is 4.42 Å². The van der Waals surface area contributed by atoms with E-state index in [1.54, 1.807) is 6.20 Å². The average Bonchev–Trinajstić information content (AvgIpc) is 3.33. The van der Waals surface area contributed by atoms with Crippen LogP contribution in [0.5, 0.6) is 0 Å². The smallest absolute Gasteiger partial charge is 0.232 e. The fraction of sp³-hybridized carbons (Fsp3) is 0.182. The highest BCUT2D eigenvalue weighted by atomic mass is 16.4. The van der Waals surface area contributed by atoms with E-state index in [0.29, 0.717) is 11.5 Å². The number of aromatic amines is 1. The van der Waals surface area contributed by atoms with Gasteiger partial charge in [-0.05, 0) is 32.1 Å². The number of benzene rings is 2. The maximum atomic E-state index is 12.9. The molecule has 0 radical (unpaired) electrons. The Bertz CT molecular complexity index is 1060. The number of rotatable bonds is 6. The molecule has 5 heteroatoms. The third-order valence-corrected chi connectivity index (χ3v) is 4.76.